The fourth-order valence-electron chi connectivity index (χ4n) is 3.20. The second-order valence-electron chi connectivity index (χ2n) is 7.34. The highest BCUT2D eigenvalue weighted by molar-refractivity contribution is 6.00. The molecule has 1 aliphatic rings. The third-order valence-corrected chi connectivity index (χ3v) is 4.78. The Bertz CT molecular complexity index is 980. The molecule has 6 N–H and O–H groups in total. The van der Waals surface area contributed by atoms with Crippen LogP contribution in [0.5, 0.6) is 5.75 Å². The van der Waals surface area contributed by atoms with Gasteiger partial charge >= 0.3 is 0 Å². The fourth-order valence-corrected chi connectivity index (χ4v) is 3.20. The number of morpholine rings is 1. The molecule has 1 amide bonds. The minimum atomic E-state index is -0.470. The van der Waals surface area contributed by atoms with Gasteiger partial charge in [-0.3, -0.25) is 4.79 Å². The first-order valence-electron chi connectivity index (χ1n) is 10.1. The number of pyridine rings is 1. The van der Waals surface area contributed by atoms with Crippen molar-refractivity contribution in [2.24, 2.45) is 16.7 Å². The predicted molar refractivity (Wildman–Crippen MR) is 117 cm³/mol. The molecule has 0 radical (unpaired) electrons. The van der Waals surface area contributed by atoms with E-state index in [1.807, 2.05) is 0 Å². The van der Waals surface area contributed by atoms with Crippen molar-refractivity contribution in [3.05, 3.63) is 58.7 Å². The summed E-state index contributed by atoms with van der Waals surface area (Å²) in [6.07, 6.45) is -0.0871. The topological polar surface area (TPSA) is 140 Å². The number of aryl methyl sites for hydroxylation is 1. The summed E-state index contributed by atoms with van der Waals surface area (Å²) >= 11 is 0. The summed E-state index contributed by atoms with van der Waals surface area (Å²) in [4.78, 5) is 16.9. The maximum Gasteiger partial charge on any atom is 0.270 e. The van der Waals surface area contributed by atoms with E-state index in [1.54, 1.807) is 25.1 Å². The summed E-state index contributed by atoms with van der Waals surface area (Å²) < 4.78 is 24.1. The number of nitrogens with zero attached hydrogens (tertiary/aromatic N) is 3. The van der Waals surface area contributed by atoms with Crippen molar-refractivity contribution in [2.75, 3.05) is 33.4 Å². The molecule has 1 atom stereocenters. The molecule has 0 spiro atoms. The zero-order valence-electron chi connectivity index (χ0n) is 18.1. The molecule has 0 bridgehead atoms. The van der Waals surface area contributed by atoms with E-state index in [0.717, 1.165) is 6.54 Å². The van der Waals surface area contributed by atoms with Gasteiger partial charge in [0.05, 0.1) is 26.4 Å². The molecular formula is C21H28FN7O3. The Balaban J connectivity index is 1.66. The summed E-state index contributed by atoms with van der Waals surface area (Å²) in [6.45, 7) is 4.40. The van der Waals surface area contributed by atoms with Gasteiger partial charge < -0.3 is 25.8 Å². The van der Waals surface area contributed by atoms with Crippen LogP contribution in [0, 0.1) is 12.7 Å². The monoisotopic (exact) mass is 445 g/mol. The van der Waals surface area contributed by atoms with E-state index in [2.05, 4.69) is 20.7 Å². The zero-order chi connectivity index (χ0) is 23.1. The van der Waals surface area contributed by atoms with Crippen molar-refractivity contribution in [1.82, 2.24) is 20.7 Å². The lowest BCUT2D eigenvalue weighted by Crippen LogP contribution is -2.46. The summed E-state index contributed by atoms with van der Waals surface area (Å²) in [5.41, 5.74) is 8.09. The van der Waals surface area contributed by atoms with Gasteiger partial charge in [0.25, 0.3) is 5.91 Å². The Morgan fingerprint density at radius 3 is 2.97 bits per heavy atom. The standard InChI is InChI=1S/C21H28FN7O3/c1-13-7-15(20(23)28-29(24)12-16-11-25-5-6-32-16)9-18(27-13)21(30)26-10-14-3-4-17(22)19(8-14)31-2/h3-4,7-9,16,25H,5-6,10-12,24H2,1-2H3,(H2,23,28)(H,26,30). The quantitative estimate of drug-likeness (QED) is 0.196. The number of benzene rings is 1. The van der Waals surface area contributed by atoms with Crippen LogP contribution in [0.2, 0.25) is 0 Å². The van der Waals surface area contributed by atoms with Gasteiger partial charge in [0, 0.05) is 30.9 Å². The molecule has 2 heterocycles. The van der Waals surface area contributed by atoms with Crippen molar-refractivity contribution in [3.8, 4) is 5.75 Å². The van der Waals surface area contributed by atoms with Crippen LogP contribution < -0.4 is 26.9 Å². The third kappa shape index (κ3) is 6.36. The van der Waals surface area contributed by atoms with Crippen molar-refractivity contribution >= 4 is 11.7 Å². The summed E-state index contributed by atoms with van der Waals surface area (Å²) in [7, 11) is 1.38. The first-order valence-corrected chi connectivity index (χ1v) is 10.1. The number of hydrogen-bond donors (Lipinski definition) is 4. The molecule has 3 rings (SSSR count). The summed E-state index contributed by atoms with van der Waals surface area (Å²) in [6, 6.07) is 7.63. The Hall–Kier alpha value is -3.28. The predicted octanol–water partition coefficient (Wildman–Crippen LogP) is 0.252. The molecule has 2 aromatic rings. The molecule has 0 aliphatic carbocycles. The van der Waals surface area contributed by atoms with E-state index in [-0.39, 0.29) is 29.9 Å². The number of ether oxygens (including phenoxy) is 2. The fraction of sp³-hybridized carbons (Fsp3) is 0.381. The van der Waals surface area contributed by atoms with Gasteiger partial charge in [-0.2, -0.15) is 0 Å². The lowest BCUT2D eigenvalue weighted by molar-refractivity contribution is 0.00580. The van der Waals surface area contributed by atoms with Crippen molar-refractivity contribution in [3.63, 3.8) is 0 Å². The Morgan fingerprint density at radius 1 is 1.44 bits per heavy atom. The van der Waals surface area contributed by atoms with Crippen LogP contribution in [0.4, 0.5) is 4.39 Å². The smallest absolute Gasteiger partial charge is 0.270 e. The number of carbonyl (C=O) groups is 1. The van der Waals surface area contributed by atoms with Crippen molar-refractivity contribution in [2.45, 2.75) is 19.6 Å². The van der Waals surface area contributed by atoms with Crippen LogP contribution >= 0.6 is 0 Å². The number of amidine groups is 1. The van der Waals surface area contributed by atoms with Crippen LogP contribution in [0.1, 0.15) is 27.3 Å². The number of amides is 1. The molecule has 1 unspecified atom stereocenters. The average Bonchev–Trinajstić information content (AvgIpc) is 2.78. The van der Waals surface area contributed by atoms with Crippen LogP contribution in [0.3, 0.4) is 0 Å². The Kier molecular flexibility index (Phi) is 7.92. The maximum absolute atomic E-state index is 13.6. The van der Waals surface area contributed by atoms with Crippen LogP contribution in [-0.4, -0.2) is 61.3 Å². The second-order valence-corrected chi connectivity index (χ2v) is 7.34. The van der Waals surface area contributed by atoms with Gasteiger partial charge in [-0.1, -0.05) is 6.07 Å². The van der Waals surface area contributed by atoms with E-state index in [4.69, 9.17) is 21.1 Å². The van der Waals surface area contributed by atoms with E-state index in [1.165, 1.54) is 24.4 Å². The van der Waals surface area contributed by atoms with E-state index < -0.39 is 11.7 Å². The lowest BCUT2D eigenvalue weighted by Gasteiger charge is -2.26. The number of aromatic nitrogens is 1. The van der Waals surface area contributed by atoms with Crippen molar-refractivity contribution in [1.29, 1.82) is 0 Å². The zero-order valence-corrected chi connectivity index (χ0v) is 18.1. The van der Waals surface area contributed by atoms with Gasteiger partial charge in [-0.15, -0.1) is 5.10 Å². The second kappa shape index (κ2) is 10.8. The molecule has 1 fully saturated rings. The average molecular weight is 445 g/mol. The number of methoxy groups -OCH3 is 1. The van der Waals surface area contributed by atoms with Gasteiger partial charge in [0.15, 0.2) is 17.4 Å². The molecule has 1 aliphatic heterocycles. The Labute approximate surface area is 185 Å². The molecular weight excluding hydrogens is 417 g/mol. The van der Waals surface area contributed by atoms with Crippen LogP contribution in [-0.2, 0) is 11.3 Å². The SMILES string of the molecule is COc1cc(CNC(=O)c2cc(/C(N)=N/N(N)CC3CNCCO3)cc(C)n2)ccc1F. The highest BCUT2D eigenvalue weighted by Gasteiger charge is 2.16. The van der Waals surface area contributed by atoms with Gasteiger partial charge in [0.1, 0.15) is 5.69 Å². The normalized spacial score (nSPS) is 16.5. The number of rotatable bonds is 8. The highest BCUT2D eigenvalue weighted by Crippen LogP contribution is 2.18. The van der Waals surface area contributed by atoms with Crippen LogP contribution in [0.25, 0.3) is 0 Å². The minimum Gasteiger partial charge on any atom is -0.494 e. The largest absolute Gasteiger partial charge is 0.494 e. The van der Waals surface area contributed by atoms with Gasteiger partial charge in [-0.05, 0) is 36.8 Å². The number of hydrazone groups is 1. The molecule has 32 heavy (non-hydrogen) atoms. The number of hydrogen-bond acceptors (Lipinski definition) is 8. The van der Waals surface area contributed by atoms with E-state index in [9.17, 15) is 9.18 Å². The maximum atomic E-state index is 13.6. The van der Waals surface area contributed by atoms with Gasteiger partial charge in [0.2, 0.25) is 0 Å². The molecule has 1 aromatic heterocycles. The number of carbonyl (C=O) groups excluding carboxylic acids is 1. The first kappa shape index (κ1) is 23.4. The number of halogens is 1. The van der Waals surface area contributed by atoms with E-state index >= 15 is 0 Å². The third-order valence-electron chi connectivity index (χ3n) is 4.78. The number of nitrogens with two attached hydrogens (primary N) is 2. The van der Waals surface area contributed by atoms with Crippen molar-refractivity contribution < 1.29 is 18.7 Å². The molecule has 10 nitrogen and oxygen atoms in total. The molecule has 1 saturated heterocycles. The number of hydrazine groups is 1. The molecule has 0 saturated carbocycles. The molecule has 1 aromatic carbocycles. The van der Waals surface area contributed by atoms with E-state index in [0.29, 0.717) is 36.5 Å². The summed E-state index contributed by atoms with van der Waals surface area (Å²) in [5.74, 6) is 5.34. The van der Waals surface area contributed by atoms with Gasteiger partial charge in [-0.25, -0.2) is 20.3 Å². The highest BCUT2D eigenvalue weighted by atomic mass is 19.1. The molecule has 11 heteroatoms. The van der Waals surface area contributed by atoms with Crippen LogP contribution in [0.15, 0.2) is 35.4 Å². The molecule has 172 valence electrons. The summed E-state index contributed by atoms with van der Waals surface area (Å²) in [5, 5.41) is 11.4. The number of nitrogens with one attached hydrogen (secondary N) is 2. The minimum absolute atomic E-state index is 0.0871. The Morgan fingerprint density at radius 2 is 2.25 bits per heavy atom. The lowest BCUT2D eigenvalue weighted by atomic mass is 10.1. The first-order chi connectivity index (χ1) is 15.4.